The first kappa shape index (κ1) is 17.0. The van der Waals surface area contributed by atoms with Crippen LogP contribution in [-0.4, -0.2) is 50.0 Å². The van der Waals surface area contributed by atoms with Gasteiger partial charge in [-0.3, -0.25) is 0 Å². The lowest BCUT2D eigenvalue weighted by Gasteiger charge is -2.11. The average molecular weight is 281 g/mol. The van der Waals surface area contributed by atoms with Crippen molar-refractivity contribution in [3.05, 3.63) is 22.8 Å². The van der Waals surface area contributed by atoms with E-state index < -0.39 is 0 Å². The molecule has 0 radical (unpaired) electrons. The van der Waals surface area contributed by atoms with Crippen LogP contribution in [0.5, 0.6) is 0 Å². The first-order valence-corrected chi connectivity index (χ1v) is 7.29. The van der Waals surface area contributed by atoms with E-state index in [9.17, 15) is 0 Å². The lowest BCUT2D eigenvalue weighted by atomic mass is 10.1. The molecule has 1 heterocycles. The van der Waals surface area contributed by atoms with Gasteiger partial charge in [0, 0.05) is 38.1 Å². The fourth-order valence-electron chi connectivity index (χ4n) is 2.10. The topological polar surface area (TPSA) is 56.3 Å². The standard InChI is InChI=1S/C15H27N3O2/c1-5-20-10-7-15-17-12(2)14(13(3)18-15)6-8-16-9-11-19-4/h16H,5-11H2,1-4H3. The van der Waals surface area contributed by atoms with Crippen LogP contribution >= 0.6 is 0 Å². The molecule has 0 saturated heterocycles. The first-order valence-electron chi connectivity index (χ1n) is 7.29. The molecule has 0 aliphatic heterocycles. The molecule has 1 rings (SSSR count). The quantitative estimate of drug-likeness (QED) is 0.658. The monoisotopic (exact) mass is 281 g/mol. The Balaban J connectivity index is 2.51. The second kappa shape index (κ2) is 9.80. The highest BCUT2D eigenvalue weighted by Gasteiger charge is 2.08. The largest absolute Gasteiger partial charge is 0.383 e. The SMILES string of the molecule is CCOCCc1nc(C)c(CCNCCOC)c(C)n1. The summed E-state index contributed by atoms with van der Waals surface area (Å²) in [5.74, 6) is 0.879. The number of nitrogens with zero attached hydrogens (tertiary/aromatic N) is 2. The van der Waals surface area contributed by atoms with Crippen molar-refractivity contribution in [2.45, 2.75) is 33.6 Å². The van der Waals surface area contributed by atoms with Crippen LogP contribution in [0.2, 0.25) is 0 Å². The molecule has 0 unspecified atom stereocenters. The number of nitrogens with one attached hydrogen (secondary N) is 1. The highest BCUT2D eigenvalue weighted by atomic mass is 16.5. The van der Waals surface area contributed by atoms with Crippen molar-refractivity contribution in [2.75, 3.05) is 40.0 Å². The third-order valence-corrected chi connectivity index (χ3v) is 3.18. The van der Waals surface area contributed by atoms with Gasteiger partial charge in [-0.2, -0.15) is 0 Å². The third kappa shape index (κ3) is 5.94. The number of hydrogen-bond acceptors (Lipinski definition) is 5. The predicted octanol–water partition coefficient (Wildman–Crippen LogP) is 1.45. The zero-order valence-electron chi connectivity index (χ0n) is 13.2. The molecule has 114 valence electrons. The van der Waals surface area contributed by atoms with Crippen LogP contribution in [0.25, 0.3) is 0 Å². The molecular weight excluding hydrogens is 254 g/mol. The lowest BCUT2D eigenvalue weighted by Crippen LogP contribution is -2.22. The summed E-state index contributed by atoms with van der Waals surface area (Å²) in [5, 5.41) is 3.35. The van der Waals surface area contributed by atoms with Gasteiger partial charge in [0.05, 0.1) is 13.2 Å². The molecule has 0 aliphatic carbocycles. The molecule has 0 fully saturated rings. The van der Waals surface area contributed by atoms with E-state index in [1.165, 1.54) is 5.56 Å². The van der Waals surface area contributed by atoms with E-state index in [2.05, 4.69) is 29.1 Å². The highest BCUT2D eigenvalue weighted by molar-refractivity contribution is 5.24. The maximum absolute atomic E-state index is 5.35. The summed E-state index contributed by atoms with van der Waals surface area (Å²) in [4.78, 5) is 9.15. The van der Waals surface area contributed by atoms with Gasteiger partial charge in [-0.15, -0.1) is 0 Å². The van der Waals surface area contributed by atoms with E-state index in [4.69, 9.17) is 9.47 Å². The molecule has 1 aromatic rings. The molecule has 0 amide bonds. The van der Waals surface area contributed by atoms with Crippen LogP contribution in [0.3, 0.4) is 0 Å². The summed E-state index contributed by atoms with van der Waals surface area (Å²) in [6.45, 7) is 10.1. The van der Waals surface area contributed by atoms with Crippen molar-refractivity contribution in [1.82, 2.24) is 15.3 Å². The number of methoxy groups -OCH3 is 1. The predicted molar refractivity (Wildman–Crippen MR) is 80.2 cm³/mol. The van der Waals surface area contributed by atoms with Gasteiger partial charge in [0.2, 0.25) is 0 Å². The van der Waals surface area contributed by atoms with Crippen molar-refractivity contribution in [1.29, 1.82) is 0 Å². The number of ether oxygens (including phenoxy) is 2. The molecular formula is C15H27N3O2. The normalized spacial score (nSPS) is 11.0. The maximum atomic E-state index is 5.35. The molecule has 0 aromatic carbocycles. The van der Waals surface area contributed by atoms with Gasteiger partial charge in [-0.1, -0.05) is 0 Å². The Morgan fingerprint density at radius 3 is 2.30 bits per heavy atom. The lowest BCUT2D eigenvalue weighted by molar-refractivity contribution is 0.149. The number of aryl methyl sites for hydroxylation is 2. The highest BCUT2D eigenvalue weighted by Crippen LogP contribution is 2.11. The molecule has 1 aromatic heterocycles. The molecule has 0 aliphatic rings. The van der Waals surface area contributed by atoms with Gasteiger partial charge in [0.1, 0.15) is 5.82 Å². The fourth-order valence-corrected chi connectivity index (χ4v) is 2.10. The van der Waals surface area contributed by atoms with Gasteiger partial charge in [0.15, 0.2) is 0 Å². The number of aromatic nitrogens is 2. The van der Waals surface area contributed by atoms with Crippen LogP contribution in [0.1, 0.15) is 29.7 Å². The van der Waals surface area contributed by atoms with Gasteiger partial charge >= 0.3 is 0 Å². The summed E-state index contributed by atoms with van der Waals surface area (Å²) in [6.07, 6.45) is 1.73. The summed E-state index contributed by atoms with van der Waals surface area (Å²) in [5.41, 5.74) is 3.41. The van der Waals surface area contributed by atoms with Gasteiger partial charge in [0.25, 0.3) is 0 Å². The number of hydrogen-bond donors (Lipinski definition) is 1. The molecule has 0 bridgehead atoms. The average Bonchev–Trinajstić information content (AvgIpc) is 2.41. The van der Waals surface area contributed by atoms with Crippen molar-refractivity contribution >= 4 is 0 Å². The Labute approximate surface area is 122 Å². The number of rotatable bonds is 10. The van der Waals surface area contributed by atoms with Crippen LogP contribution < -0.4 is 5.32 Å². The van der Waals surface area contributed by atoms with Crippen LogP contribution in [0.4, 0.5) is 0 Å². The smallest absolute Gasteiger partial charge is 0.131 e. The summed E-state index contributed by atoms with van der Waals surface area (Å²) < 4.78 is 10.4. The first-order chi connectivity index (χ1) is 9.69. The van der Waals surface area contributed by atoms with Crippen molar-refractivity contribution in [2.24, 2.45) is 0 Å². The third-order valence-electron chi connectivity index (χ3n) is 3.18. The summed E-state index contributed by atoms with van der Waals surface area (Å²) in [6, 6.07) is 0. The van der Waals surface area contributed by atoms with Crippen LogP contribution in [-0.2, 0) is 22.3 Å². The Hall–Kier alpha value is -1.04. The summed E-state index contributed by atoms with van der Waals surface area (Å²) in [7, 11) is 1.71. The van der Waals surface area contributed by atoms with Gasteiger partial charge in [-0.05, 0) is 39.3 Å². The molecule has 0 spiro atoms. The molecule has 20 heavy (non-hydrogen) atoms. The minimum Gasteiger partial charge on any atom is -0.383 e. The Bertz CT molecular complexity index is 374. The van der Waals surface area contributed by atoms with Crippen LogP contribution in [0.15, 0.2) is 0 Å². The molecule has 5 nitrogen and oxygen atoms in total. The minimum absolute atomic E-state index is 0.688. The summed E-state index contributed by atoms with van der Waals surface area (Å²) >= 11 is 0. The Morgan fingerprint density at radius 2 is 1.70 bits per heavy atom. The second-order valence-corrected chi connectivity index (χ2v) is 4.73. The van der Waals surface area contributed by atoms with Crippen molar-refractivity contribution in [3.63, 3.8) is 0 Å². The van der Waals surface area contributed by atoms with E-state index in [0.717, 1.165) is 56.4 Å². The van der Waals surface area contributed by atoms with E-state index >= 15 is 0 Å². The Kier molecular flexibility index (Phi) is 8.34. The minimum atomic E-state index is 0.688. The zero-order valence-corrected chi connectivity index (χ0v) is 13.2. The van der Waals surface area contributed by atoms with E-state index in [1.54, 1.807) is 7.11 Å². The fraction of sp³-hybridized carbons (Fsp3) is 0.733. The van der Waals surface area contributed by atoms with Crippen molar-refractivity contribution < 1.29 is 9.47 Å². The molecule has 0 saturated carbocycles. The van der Waals surface area contributed by atoms with Gasteiger partial charge in [-0.25, -0.2) is 9.97 Å². The molecule has 1 N–H and O–H groups in total. The second-order valence-electron chi connectivity index (χ2n) is 4.73. The van der Waals surface area contributed by atoms with E-state index in [1.807, 2.05) is 6.92 Å². The zero-order chi connectivity index (χ0) is 14.8. The Morgan fingerprint density at radius 1 is 1.00 bits per heavy atom. The van der Waals surface area contributed by atoms with Gasteiger partial charge < -0.3 is 14.8 Å². The molecule has 0 atom stereocenters. The van der Waals surface area contributed by atoms with Crippen molar-refractivity contribution in [3.8, 4) is 0 Å². The van der Waals surface area contributed by atoms with Crippen LogP contribution in [0, 0.1) is 13.8 Å². The molecule has 5 heteroatoms. The maximum Gasteiger partial charge on any atom is 0.131 e. The van der Waals surface area contributed by atoms with E-state index in [-0.39, 0.29) is 0 Å². The van der Waals surface area contributed by atoms with E-state index in [0.29, 0.717) is 6.61 Å².